The Kier molecular flexibility index (Phi) is 4.53. The van der Waals surface area contributed by atoms with E-state index in [0.29, 0.717) is 27.8 Å². The summed E-state index contributed by atoms with van der Waals surface area (Å²) in [6, 6.07) is 18.8. The normalized spacial score (nSPS) is 11.5. The van der Waals surface area contributed by atoms with Gasteiger partial charge in [0, 0.05) is 16.7 Å². The zero-order valence-electron chi connectivity index (χ0n) is 14.5. The van der Waals surface area contributed by atoms with E-state index in [1.54, 1.807) is 12.1 Å². The van der Waals surface area contributed by atoms with Gasteiger partial charge in [0.2, 0.25) is 5.89 Å². The van der Waals surface area contributed by atoms with Crippen LogP contribution < -0.4 is 0 Å². The second kappa shape index (κ2) is 7.14. The van der Waals surface area contributed by atoms with Crippen molar-refractivity contribution in [1.29, 1.82) is 5.26 Å². The number of rotatable bonds is 3. The van der Waals surface area contributed by atoms with Crippen LogP contribution in [0.15, 0.2) is 64.0 Å². The second-order valence-electron chi connectivity index (χ2n) is 5.82. The van der Waals surface area contributed by atoms with Gasteiger partial charge in [-0.15, -0.1) is 16.9 Å². The Hall–Kier alpha value is -3.30. The van der Waals surface area contributed by atoms with Gasteiger partial charge >= 0.3 is 0 Å². The van der Waals surface area contributed by atoms with Crippen LogP contribution in [0, 0.1) is 11.3 Å². The smallest absolute Gasteiger partial charge is 0.243 e. The summed E-state index contributed by atoms with van der Waals surface area (Å²) < 4.78 is 6.11. The van der Waals surface area contributed by atoms with E-state index in [-0.39, 0.29) is 16.9 Å². The fraction of sp³-hybridized carbons (Fsp3) is 0.0952. The lowest BCUT2D eigenvalue weighted by Crippen LogP contribution is -2.01. The topological polar surface area (TPSA) is 82.7 Å². The highest BCUT2D eigenvalue weighted by Gasteiger charge is 2.32. The third-order valence-corrected chi connectivity index (χ3v) is 5.10. The van der Waals surface area contributed by atoms with Crippen molar-refractivity contribution in [2.24, 2.45) is 0 Å². The minimum atomic E-state index is -0.206. The summed E-state index contributed by atoms with van der Waals surface area (Å²) in [5, 5.41) is 17.6. The predicted molar refractivity (Wildman–Crippen MR) is 104 cm³/mol. The number of benzene rings is 2. The largest absolute Gasteiger partial charge is 0.436 e. The highest BCUT2D eigenvalue weighted by Crippen LogP contribution is 2.40. The van der Waals surface area contributed by atoms with Crippen LogP contribution in [-0.4, -0.2) is 21.7 Å². The molecule has 0 unspecified atom stereocenters. The van der Waals surface area contributed by atoms with Gasteiger partial charge < -0.3 is 4.42 Å². The molecule has 2 aromatic carbocycles. The Morgan fingerprint density at radius 3 is 2.52 bits per heavy atom. The summed E-state index contributed by atoms with van der Waals surface area (Å²) in [4.78, 5) is 13.1. The standard InChI is InChI=1S/C21H15N3O2S/c1-2-27-21-16(12-22)17-18(25)14-10-6-7-11-15(14)19(17)26-20(23-24-21)13-8-4-3-5-9-13/h3-11,24H,2H2,1H3. The Morgan fingerprint density at radius 1 is 1.11 bits per heavy atom. The van der Waals surface area contributed by atoms with Gasteiger partial charge in [0.25, 0.3) is 0 Å². The highest BCUT2D eigenvalue weighted by molar-refractivity contribution is 7.99. The summed E-state index contributed by atoms with van der Waals surface area (Å²) in [6.45, 7) is 1.98. The Bertz CT molecular complexity index is 1120. The predicted octanol–water partition coefficient (Wildman–Crippen LogP) is 4.99. The average Bonchev–Trinajstić information content (AvgIpc) is 2.96. The quantitative estimate of drug-likeness (QED) is 0.512. The van der Waals surface area contributed by atoms with Crippen LogP contribution in [0.1, 0.15) is 28.4 Å². The molecular formula is C21H15N3O2S. The van der Waals surface area contributed by atoms with Crippen LogP contribution >= 0.6 is 11.8 Å². The number of H-pyrrole nitrogens is 1. The molecule has 6 heteroatoms. The van der Waals surface area contributed by atoms with Crippen molar-refractivity contribution in [1.82, 2.24) is 10.2 Å². The number of nitrogens with one attached hydrogen (secondary N) is 1. The molecule has 1 aliphatic rings. The molecule has 0 radical (unpaired) electrons. The Balaban J connectivity index is 2.12. The molecule has 1 aromatic heterocycles. The van der Waals surface area contributed by atoms with Gasteiger partial charge in [-0.25, -0.2) is 0 Å². The van der Waals surface area contributed by atoms with Crippen molar-refractivity contribution in [3.8, 4) is 28.8 Å². The van der Waals surface area contributed by atoms with Gasteiger partial charge in [0.1, 0.15) is 16.9 Å². The summed E-state index contributed by atoms with van der Waals surface area (Å²) in [5.74, 6) is 1.25. The summed E-state index contributed by atoms with van der Waals surface area (Å²) in [5.41, 5.74) is 2.52. The highest BCUT2D eigenvalue weighted by atomic mass is 32.2. The van der Waals surface area contributed by atoms with Crippen LogP contribution in [0.4, 0.5) is 0 Å². The lowest BCUT2D eigenvalue weighted by atomic mass is 10.1. The van der Waals surface area contributed by atoms with Gasteiger partial charge in [0.05, 0.1) is 11.1 Å². The molecule has 0 amide bonds. The van der Waals surface area contributed by atoms with Crippen LogP contribution in [0.5, 0.6) is 0 Å². The van der Waals surface area contributed by atoms with Gasteiger partial charge in [-0.3, -0.25) is 9.89 Å². The van der Waals surface area contributed by atoms with E-state index in [9.17, 15) is 10.1 Å². The van der Waals surface area contributed by atoms with Crippen molar-refractivity contribution in [3.05, 3.63) is 71.3 Å². The number of carbonyl (C=O) groups excluding carboxylic acids is 1. The second-order valence-corrected chi connectivity index (χ2v) is 7.10. The van der Waals surface area contributed by atoms with Crippen molar-refractivity contribution in [2.75, 3.05) is 5.75 Å². The first-order valence-electron chi connectivity index (χ1n) is 8.47. The number of nitrogens with zero attached hydrogens (tertiary/aromatic N) is 2. The maximum Gasteiger partial charge on any atom is 0.243 e. The molecule has 1 N–H and O–H groups in total. The Labute approximate surface area is 160 Å². The molecule has 0 saturated heterocycles. The molecule has 0 fully saturated rings. The molecule has 0 saturated carbocycles. The van der Waals surface area contributed by atoms with E-state index < -0.39 is 0 Å². The first kappa shape index (κ1) is 17.1. The SMILES string of the molecule is CCSc1[nH]nc(-c2ccccc2)oc2c(c1C#N)C(=O)c1ccccc1-2. The van der Waals surface area contributed by atoms with Gasteiger partial charge in [-0.1, -0.05) is 49.4 Å². The molecule has 27 heavy (non-hydrogen) atoms. The summed E-state index contributed by atoms with van der Waals surface area (Å²) in [6.07, 6.45) is 0. The first-order chi connectivity index (χ1) is 13.2. The molecule has 4 rings (SSSR count). The zero-order chi connectivity index (χ0) is 18.8. The van der Waals surface area contributed by atoms with E-state index >= 15 is 0 Å². The maximum absolute atomic E-state index is 13.1. The number of ketones is 1. The van der Waals surface area contributed by atoms with Crippen molar-refractivity contribution < 1.29 is 9.21 Å². The number of hydrogen-bond donors (Lipinski definition) is 1. The zero-order valence-corrected chi connectivity index (χ0v) is 15.3. The van der Waals surface area contributed by atoms with Crippen LogP contribution in [0.2, 0.25) is 0 Å². The number of aromatic amines is 1. The van der Waals surface area contributed by atoms with E-state index in [0.717, 1.165) is 11.3 Å². The molecular weight excluding hydrogens is 358 g/mol. The van der Waals surface area contributed by atoms with Crippen molar-refractivity contribution in [3.63, 3.8) is 0 Å². The lowest BCUT2D eigenvalue weighted by Gasteiger charge is -2.06. The minimum Gasteiger partial charge on any atom is -0.436 e. The minimum absolute atomic E-state index is 0.206. The molecule has 132 valence electrons. The summed E-state index contributed by atoms with van der Waals surface area (Å²) >= 11 is 1.43. The molecule has 0 spiro atoms. The number of carbonyl (C=O) groups is 1. The maximum atomic E-state index is 13.1. The summed E-state index contributed by atoms with van der Waals surface area (Å²) in [7, 11) is 0. The number of fused-ring (bicyclic) bond motifs is 3. The molecule has 0 atom stereocenters. The van der Waals surface area contributed by atoms with Crippen LogP contribution in [0.25, 0.3) is 22.8 Å². The average molecular weight is 373 g/mol. The number of aromatic nitrogens is 2. The van der Waals surface area contributed by atoms with Gasteiger partial charge in [-0.05, 0) is 17.9 Å². The van der Waals surface area contributed by atoms with Crippen molar-refractivity contribution >= 4 is 17.5 Å². The monoisotopic (exact) mass is 373 g/mol. The number of thioether (sulfide) groups is 1. The molecule has 1 heterocycles. The van der Waals surface area contributed by atoms with E-state index in [1.807, 2.05) is 49.4 Å². The van der Waals surface area contributed by atoms with Gasteiger partial charge in [-0.2, -0.15) is 5.26 Å². The van der Waals surface area contributed by atoms with Crippen molar-refractivity contribution in [2.45, 2.75) is 11.9 Å². The first-order valence-corrected chi connectivity index (χ1v) is 9.46. The Morgan fingerprint density at radius 2 is 1.81 bits per heavy atom. The molecule has 3 aromatic rings. The number of nitriles is 1. The molecule has 0 aliphatic heterocycles. The van der Waals surface area contributed by atoms with E-state index in [4.69, 9.17) is 4.42 Å². The third-order valence-electron chi connectivity index (χ3n) is 4.23. The van der Waals surface area contributed by atoms with E-state index in [2.05, 4.69) is 16.3 Å². The molecule has 0 bridgehead atoms. The third kappa shape index (κ3) is 2.92. The van der Waals surface area contributed by atoms with E-state index in [1.165, 1.54) is 11.8 Å². The van der Waals surface area contributed by atoms with Gasteiger partial charge in [0.15, 0.2) is 5.78 Å². The fourth-order valence-corrected chi connectivity index (χ4v) is 3.73. The molecule has 1 aliphatic carbocycles. The number of hydrogen-bond acceptors (Lipinski definition) is 5. The molecule has 5 nitrogen and oxygen atoms in total. The van der Waals surface area contributed by atoms with Crippen LogP contribution in [0.3, 0.4) is 0 Å². The van der Waals surface area contributed by atoms with Crippen LogP contribution in [-0.2, 0) is 0 Å². The fourth-order valence-electron chi connectivity index (χ4n) is 3.03. The lowest BCUT2D eigenvalue weighted by molar-refractivity contribution is 0.104.